The molecular weight excluding hydrogens is 202 g/mol. The number of morpholine rings is 1. The zero-order chi connectivity index (χ0) is 11.5. The summed E-state index contributed by atoms with van der Waals surface area (Å²) in [5, 5.41) is 0. The SMILES string of the molecule is CC(=Cc1nc(C)[nH]c1C)N1CCOCC1. The quantitative estimate of drug-likeness (QED) is 0.826. The maximum absolute atomic E-state index is 5.34. The van der Waals surface area contributed by atoms with Crippen molar-refractivity contribution in [3.8, 4) is 0 Å². The second-order valence-corrected chi connectivity index (χ2v) is 4.22. The fourth-order valence-electron chi connectivity index (χ4n) is 1.97. The van der Waals surface area contributed by atoms with Crippen molar-refractivity contribution in [2.45, 2.75) is 20.8 Å². The van der Waals surface area contributed by atoms with Crippen molar-refractivity contribution < 1.29 is 4.74 Å². The van der Waals surface area contributed by atoms with E-state index >= 15 is 0 Å². The molecule has 0 spiro atoms. The standard InChI is InChI=1S/C12H19N3O/c1-9(15-4-6-16-7-5-15)8-12-10(2)13-11(3)14-12/h8H,4-7H2,1-3H3,(H,13,14). The lowest BCUT2D eigenvalue weighted by Gasteiger charge is -2.29. The normalized spacial score (nSPS) is 17.9. The molecule has 1 aromatic rings. The van der Waals surface area contributed by atoms with E-state index in [1.807, 2.05) is 6.92 Å². The number of allylic oxidation sites excluding steroid dienone is 1. The molecule has 1 saturated heterocycles. The molecule has 1 fully saturated rings. The molecule has 0 amide bonds. The summed E-state index contributed by atoms with van der Waals surface area (Å²) >= 11 is 0. The van der Waals surface area contributed by atoms with E-state index in [0.29, 0.717) is 0 Å². The zero-order valence-corrected chi connectivity index (χ0v) is 10.2. The predicted molar refractivity (Wildman–Crippen MR) is 64.1 cm³/mol. The predicted octanol–water partition coefficient (Wildman–Crippen LogP) is 1.72. The van der Waals surface area contributed by atoms with Gasteiger partial charge in [0.05, 0.1) is 18.9 Å². The van der Waals surface area contributed by atoms with Crippen molar-refractivity contribution in [2.24, 2.45) is 0 Å². The van der Waals surface area contributed by atoms with Gasteiger partial charge in [0.1, 0.15) is 5.82 Å². The van der Waals surface area contributed by atoms with E-state index in [2.05, 4.69) is 34.8 Å². The van der Waals surface area contributed by atoms with E-state index in [1.54, 1.807) is 0 Å². The number of ether oxygens (including phenoxy) is 1. The highest BCUT2D eigenvalue weighted by Crippen LogP contribution is 2.13. The summed E-state index contributed by atoms with van der Waals surface area (Å²) in [6.45, 7) is 9.77. The van der Waals surface area contributed by atoms with E-state index < -0.39 is 0 Å². The molecule has 2 heterocycles. The maximum atomic E-state index is 5.34. The van der Waals surface area contributed by atoms with Crippen molar-refractivity contribution >= 4 is 6.08 Å². The number of H-pyrrole nitrogens is 1. The largest absolute Gasteiger partial charge is 0.378 e. The first-order valence-corrected chi connectivity index (χ1v) is 5.71. The number of hydrogen-bond acceptors (Lipinski definition) is 3. The Bertz CT molecular complexity index is 389. The Labute approximate surface area is 96.3 Å². The smallest absolute Gasteiger partial charge is 0.103 e. The van der Waals surface area contributed by atoms with Crippen LogP contribution in [0.3, 0.4) is 0 Å². The minimum absolute atomic E-state index is 0.823. The highest BCUT2D eigenvalue weighted by atomic mass is 16.5. The van der Waals surface area contributed by atoms with Crippen LogP contribution in [-0.2, 0) is 4.74 Å². The van der Waals surface area contributed by atoms with Crippen LogP contribution in [0.2, 0.25) is 0 Å². The average molecular weight is 221 g/mol. The molecule has 1 N–H and O–H groups in total. The number of aryl methyl sites for hydroxylation is 2. The van der Waals surface area contributed by atoms with Crippen LogP contribution < -0.4 is 0 Å². The summed E-state index contributed by atoms with van der Waals surface area (Å²) in [5.41, 5.74) is 3.43. The Morgan fingerprint density at radius 2 is 2.06 bits per heavy atom. The Balaban J connectivity index is 2.13. The first-order chi connectivity index (χ1) is 7.66. The van der Waals surface area contributed by atoms with Crippen molar-refractivity contribution in [2.75, 3.05) is 26.3 Å². The minimum atomic E-state index is 0.823. The Morgan fingerprint density at radius 1 is 1.38 bits per heavy atom. The first-order valence-electron chi connectivity index (χ1n) is 5.71. The van der Waals surface area contributed by atoms with Gasteiger partial charge in [-0.2, -0.15) is 0 Å². The van der Waals surface area contributed by atoms with Gasteiger partial charge in [-0.25, -0.2) is 4.98 Å². The van der Waals surface area contributed by atoms with E-state index in [4.69, 9.17) is 4.74 Å². The van der Waals surface area contributed by atoms with Crippen LogP contribution in [0.25, 0.3) is 6.08 Å². The monoisotopic (exact) mass is 221 g/mol. The summed E-state index contributed by atoms with van der Waals surface area (Å²) in [7, 11) is 0. The lowest BCUT2D eigenvalue weighted by molar-refractivity contribution is 0.0542. The van der Waals surface area contributed by atoms with Gasteiger partial charge < -0.3 is 14.6 Å². The number of aromatic amines is 1. The number of aromatic nitrogens is 2. The van der Waals surface area contributed by atoms with Gasteiger partial charge >= 0.3 is 0 Å². The van der Waals surface area contributed by atoms with Gasteiger partial charge in [0.25, 0.3) is 0 Å². The molecule has 16 heavy (non-hydrogen) atoms. The Hall–Kier alpha value is -1.29. The molecule has 4 heteroatoms. The van der Waals surface area contributed by atoms with Crippen LogP contribution in [0.4, 0.5) is 0 Å². The molecule has 4 nitrogen and oxygen atoms in total. The Morgan fingerprint density at radius 3 is 2.62 bits per heavy atom. The molecule has 1 aromatic heterocycles. The molecule has 0 aromatic carbocycles. The van der Waals surface area contributed by atoms with Crippen molar-refractivity contribution in [1.29, 1.82) is 0 Å². The lowest BCUT2D eigenvalue weighted by Crippen LogP contribution is -2.34. The van der Waals surface area contributed by atoms with E-state index in [9.17, 15) is 0 Å². The van der Waals surface area contributed by atoms with Crippen LogP contribution in [0.5, 0.6) is 0 Å². The maximum Gasteiger partial charge on any atom is 0.103 e. The van der Waals surface area contributed by atoms with Crippen LogP contribution in [0, 0.1) is 13.8 Å². The molecule has 0 bridgehead atoms. The second-order valence-electron chi connectivity index (χ2n) is 4.22. The summed E-state index contributed by atoms with van der Waals surface area (Å²) in [5.74, 6) is 0.971. The third-order valence-electron chi connectivity index (χ3n) is 2.90. The van der Waals surface area contributed by atoms with E-state index in [-0.39, 0.29) is 0 Å². The van der Waals surface area contributed by atoms with Crippen LogP contribution in [0.1, 0.15) is 24.1 Å². The number of nitrogens with one attached hydrogen (secondary N) is 1. The van der Waals surface area contributed by atoms with Crippen molar-refractivity contribution in [3.63, 3.8) is 0 Å². The first kappa shape index (κ1) is 11.2. The third-order valence-corrected chi connectivity index (χ3v) is 2.90. The van der Waals surface area contributed by atoms with E-state index in [1.165, 1.54) is 5.70 Å². The number of hydrogen-bond donors (Lipinski definition) is 1. The molecule has 0 saturated carbocycles. The molecule has 0 aliphatic carbocycles. The summed E-state index contributed by atoms with van der Waals surface area (Å²) in [4.78, 5) is 10.0. The van der Waals surface area contributed by atoms with E-state index in [0.717, 1.165) is 43.5 Å². The van der Waals surface area contributed by atoms with Gasteiger partial charge in [0.2, 0.25) is 0 Å². The van der Waals surface area contributed by atoms with Crippen LogP contribution in [0.15, 0.2) is 5.70 Å². The van der Waals surface area contributed by atoms with Crippen molar-refractivity contribution in [1.82, 2.24) is 14.9 Å². The van der Waals surface area contributed by atoms with Gasteiger partial charge in [-0.1, -0.05) is 0 Å². The molecule has 0 radical (unpaired) electrons. The number of rotatable bonds is 2. The topological polar surface area (TPSA) is 41.2 Å². The molecule has 0 atom stereocenters. The van der Waals surface area contributed by atoms with Gasteiger partial charge in [-0.05, 0) is 26.8 Å². The third kappa shape index (κ3) is 2.44. The summed E-state index contributed by atoms with van der Waals surface area (Å²) < 4.78 is 5.34. The molecule has 88 valence electrons. The molecule has 0 unspecified atom stereocenters. The van der Waals surface area contributed by atoms with Gasteiger partial charge in [0, 0.05) is 24.5 Å². The zero-order valence-electron chi connectivity index (χ0n) is 10.2. The van der Waals surface area contributed by atoms with Gasteiger partial charge in [-0.15, -0.1) is 0 Å². The molecule has 1 aliphatic heterocycles. The fraction of sp³-hybridized carbons (Fsp3) is 0.583. The highest BCUT2D eigenvalue weighted by molar-refractivity contribution is 5.50. The molecule has 2 rings (SSSR count). The average Bonchev–Trinajstić information content (AvgIpc) is 2.59. The summed E-state index contributed by atoms with van der Waals surface area (Å²) in [6.07, 6.45) is 2.14. The van der Waals surface area contributed by atoms with Crippen molar-refractivity contribution in [3.05, 3.63) is 22.9 Å². The van der Waals surface area contributed by atoms with Gasteiger partial charge in [-0.3, -0.25) is 0 Å². The minimum Gasteiger partial charge on any atom is -0.378 e. The molecular formula is C12H19N3O. The van der Waals surface area contributed by atoms with Crippen LogP contribution in [-0.4, -0.2) is 41.2 Å². The second kappa shape index (κ2) is 4.70. The number of imidazole rings is 1. The summed E-state index contributed by atoms with van der Waals surface area (Å²) in [6, 6.07) is 0. The Kier molecular flexibility index (Phi) is 3.29. The van der Waals surface area contributed by atoms with Gasteiger partial charge in [0.15, 0.2) is 0 Å². The highest BCUT2D eigenvalue weighted by Gasteiger charge is 2.11. The number of nitrogens with zero attached hydrogens (tertiary/aromatic N) is 2. The fourth-order valence-corrected chi connectivity index (χ4v) is 1.97. The lowest BCUT2D eigenvalue weighted by atomic mass is 10.2. The molecule has 1 aliphatic rings. The van der Waals surface area contributed by atoms with Crippen LogP contribution >= 0.6 is 0 Å².